The summed E-state index contributed by atoms with van der Waals surface area (Å²) in [6.45, 7) is 2.29. The zero-order chi connectivity index (χ0) is 10.8. The first-order valence-corrected chi connectivity index (χ1v) is 4.82. The molecule has 0 unspecified atom stereocenters. The van der Waals surface area contributed by atoms with E-state index >= 15 is 0 Å². The van der Waals surface area contributed by atoms with E-state index in [-0.39, 0.29) is 17.1 Å². The molecule has 1 aromatic rings. The summed E-state index contributed by atoms with van der Waals surface area (Å²) < 4.78 is 18.5. The average molecular weight is 206 g/mol. The Bertz CT molecular complexity index is 435. The van der Waals surface area contributed by atoms with E-state index in [1.165, 1.54) is 12.1 Å². The lowest BCUT2D eigenvalue weighted by Gasteiger charge is -2.04. The molecule has 0 aromatic heterocycles. The molecule has 78 valence electrons. The van der Waals surface area contributed by atoms with Crippen molar-refractivity contribution in [3.63, 3.8) is 0 Å². The van der Waals surface area contributed by atoms with E-state index in [4.69, 9.17) is 4.74 Å². The number of hydrogen-bond donors (Lipinski definition) is 0. The van der Waals surface area contributed by atoms with Crippen LogP contribution in [-0.2, 0) is 4.74 Å². The maximum Gasteiger partial charge on any atom is 0.230 e. The van der Waals surface area contributed by atoms with Gasteiger partial charge in [-0.1, -0.05) is 6.07 Å². The molecule has 0 amide bonds. The molecule has 0 aliphatic carbocycles. The monoisotopic (exact) mass is 206 g/mol. The molecule has 0 saturated carbocycles. The first kappa shape index (κ1) is 9.90. The molecule has 0 fully saturated rings. The van der Waals surface area contributed by atoms with Gasteiger partial charge in [0, 0.05) is 6.42 Å². The number of Topliss-reactive ketones (excluding diaryl/α,β-unsaturated/α-hetero) is 1. The van der Waals surface area contributed by atoms with Crippen molar-refractivity contribution in [1.82, 2.24) is 0 Å². The number of rotatable bonds is 2. The van der Waals surface area contributed by atoms with Crippen molar-refractivity contribution >= 4 is 5.78 Å². The summed E-state index contributed by atoms with van der Waals surface area (Å²) in [5.74, 6) is -0.598. The SMILES string of the molecule is Cc1ccc(C(=O)C2=CCCO2)c(F)c1. The highest BCUT2D eigenvalue weighted by atomic mass is 19.1. The Morgan fingerprint density at radius 1 is 1.47 bits per heavy atom. The summed E-state index contributed by atoms with van der Waals surface area (Å²) in [6.07, 6.45) is 2.41. The second-order valence-electron chi connectivity index (χ2n) is 3.52. The van der Waals surface area contributed by atoms with Gasteiger partial charge in [0.25, 0.3) is 0 Å². The molecule has 1 aromatic carbocycles. The molecule has 0 radical (unpaired) electrons. The molecule has 0 saturated heterocycles. The number of ketones is 1. The van der Waals surface area contributed by atoms with Crippen LogP contribution in [0, 0.1) is 12.7 Å². The lowest BCUT2D eigenvalue weighted by molar-refractivity contribution is 0.0938. The van der Waals surface area contributed by atoms with Crippen LogP contribution in [0.3, 0.4) is 0 Å². The number of carbonyl (C=O) groups is 1. The van der Waals surface area contributed by atoms with Gasteiger partial charge in [0.1, 0.15) is 5.82 Å². The summed E-state index contributed by atoms with van der Waals surface area (Å²) >= 11 is 0. The van der Waals surface area contributed by atoms with E-state index in [1.807, 2.05) is 0 Å². The third-order valence-electron chi connectivity index (χ3n) is 2.30. The second kappa shape index (κ2) is 3.85. The van der Waals surface area contributed by atoms with Gasteiger partial charge < -0.3 is 4.74 Å². The van der Waals surface area contributed by atoms with Crippen molar-refractivity contribution < 1.29 is 13.9 Å². The van der Waals surface area contributed by atoms with Crippen LogP contribution in [0.1, 0.15) is 22.3 Å². The molecule has 1 heterocycles. The molecule has 3 heteroatoms. The van der Waals surface area contributed by atoms with Crippen molar-refractivity contribution in [2.45, 2.75) is 13.3 Å². The number of hydrogen-bond acceptors (Lipinski definition) is 2. The van der Waals surface area contributed by atoms with Gasteiger partial charge in [0.05, 0.1) is 12.2 Å². The summed E-state index contributed by atoms with van der Waals surface area (Å²) in [4.78, 5) is 11.7. The molecule has 0 N–H and O–H groups in total. The van der Waals surface area contributed by atoms with Crippen LogP contribution in [0.4, 0.5) is 4.39 Å². The molecule has 2 rings (SSSR count). The van der Waals surface area contributed by atoms with Crippen LogP contribution >= 0.6 is 0 Å². The minimum absolute atomic E-state index is 0.0775. The fourth-order valence-electron chi connectivity index (χ4n) is 1.51. The number of aryl methyl sites for hydroxylation is 1. The Hall–Kier alpha value is -1.64. The second-order valence-corrected chi connectivity index (χ2v) is 3.52. The normalized spacial score (nSPS) is 14.7. The predicted molar refractivity (Wildman–Crippen MR) is 54.1 cm³/mol. The number of benzene rings is 1. The number of allylic oxidation sites excluding steroid dienone is 1. The summed E-state index contributed by atoms with van der Waals surface area (Å²) in [6, 6.07) is 4.56. The van der Waals surface area contributed by atoms with Crippen molar-refractivity contribution in [3.05, 3.63) is 47.0 Å². The van der Waals surface area contributed by atoms with E-state index < -0.39 is 5.82 Å². The van der Waals surface area contributed by atoms with Gasteiger partial charge in [-0.15, -0.1) is 0 Å². The molecular formula is C12H11FO2. The van der Waals surface area contributed by atoms with Crippen LogP contribution in [0.15, 0.2) is 30.0 Å². The van der Waals surface area contributed by atoms with E-state index in [0.29, 0.717) is 13.0 Å². The van der Waals surface area contributed by atoms with Crippen molar-refractivity contribution in [3.8, 4) is 0 Å². The maximum absolute atomic E-state index is 13.5. The van der Waals surface area contributed by atoms with Gasteiger partial charge in [0.2, 0.25) is 5.78 Å². The summed E-state index contributed by atoms with van der Waals surface area (Å²) in [5, 5.41) is 0. The van der Waals surface area contributed by atoms with Gasteiger partial charge in [0.15, 0.2) is 5.76 Å². The molecule has 0 bridgehead atoms. The number of carbonyl (C=O) groups excluding carboxylic acids is 1. The van der Waals surface area contributed by atoms with E-state index in [2.05, 4.69) is 0 Å². The maximum atomic E-state index is 13.5. The van der Waals surface area contributed by atoms with Crippen molar-refractivity contribution in [1.29, 1.82) is 0 Å². The minimum Gasteiger partial charge on any atom is -0.489 e. The highest BCUT2D eigenvalue weighted by molar-refractivity contribution is 6.07. The van der Waals surface area contributed by atoms with Crippen LogP contribution in [0.2, 0.25) is 0 Å². The molecule has 0 spiro atoms. The Labute approximate surface area is 87.4 Å². The predicted octanol–water partition coefficient (Wildman–Crippen LogP) is 2.62. The van der Waals surface area contributed by atoms with E-state index in [0.717, 1.165) is 5.56 Å². The largest absolute Gasteiger partial charge is 0.489 e. The zero-order valence-corrected chi connectivity index (χ0v) is 8.42. The summed E-state index contributed by atoms with van der Waals surface area (Å²) in [5.41, 5.74) is 0.874. The molecule has 1 aliphatic rings. The topological polar surface area (TPSA) is 26.3 Å². The third-order valence-corrected chi connectivity index (χ3v) is 2.30. The Balaban J connectivity index is 2.33. The van der Waals surface area contributed by atoms with Gasteiger partial charge >= 0.3 is 0 Å². The van der Waals surface area contributed by atoms with Gasteiger partial charge in [-0.25, -0.2) is 4.39 Å². The molecular weight excluding hydrogens is 195 g/mol. The number of halogens is 1. The third kappa shape index (κ3) is 1.91. The van der Waals surface area contributed by atoms with Crippen LogP contribution in [0.5, 0.6) is 0 Å². The fraction of sp³-hybridized carbons (Fsp3) is 0.250. The van der Waals surface area contributed by atoms with Crippen LogP contribution in [-0.4, -0.2) is 12.4 Å². The highest BCUT2D eigenvalue weighted by Gasteiger charge is 2.19. The minimum atomic E-state index is -0.489. The first-order valence-electron chi connectivity index (χ1n) is 4.82. The molecule has 0 atom stereocenters. The van der Waals surface area contributed by atoms with Crippen molar-refractivity contribution in [2.24, 2.45) is 0 Å². The first-order chi connectivity index (χ1) is 7.18. The molecule has 15 heavy (non-hydrogen) atoms. The van der Waals surface area contributed by atoms with Crippen LogP contribution < -0.4 is 0 Å². The fourth-order valence-corrected chi connectivity index (χ4v) is 1.51. The standard InChI is InChI=1S/C12H11FO2/c1-8-4-5-9(10(13)7-8)12(14)11-3-2-6-15-11/h3-5,7H,2,6H2,1H3. The quantitative estimate of drug-likeness (QED) is 0.695. The zero-order valence-electron chi connectivity index (χ0n) is 8.42. The van der Waals surface area contributed by atoms with Crippen molar-refractivity contribution in [2.75, 3.05) is 6.61 Å². The van der Waals surface area contributed by atoms with E-state index in [9.17, 15) is 9.18 Å². The molecule has 1 aliphatic heterocycles. The lowest BCUT2D eigenvalue weighted by Crippen LogP contribution is -2.06. The Kier molecular flexibility index (Phi) is 2.54. The highest BCUT2D eigenvalue weighted by Crippen LogP contribution is 2.18. The smallest absolute Gasteiger partial charge is 0.230 e. The Morgan fingerprint density at radius 2 is 2.27 bits per heavy atom. The van der Waals surface area contributed by atoms with Gasteiger partial charge in [-0.3, -0.25) is 4.79 Å². The lowest BCUT2D eigenvalue weighted by atomic mass is 10.1. The van der Waals surface area contributed by atoms with Gasteiger partial charge in [-0.2, -0.15) is 0 Å². The van der Waals surface area contributed by atoms with E-state index in [1.54, 1.807) is 19.1 Å². The van der Waals surface area contributed by atoms with Crippen LogP contribution in [0.25, 0.3) is 0 Å². The average Bonchev–Trinajstić information content (AvgIpc) is 2.69. The Morgan fingerprint density at radius 3 is 2.87 bits per heavy atom. The van der Waals surface area contributed by atoms with Gasteiger partial charge in [-0.05, 0) is 30.7 Å². The summed E-state index contributed by atoms with van der Waals surface area (Å²) in [7, 11) is 0. The molecule has 2 nitrogen and oxygen atoms in total. The number of ether oxygens (including phenoxy) is 1.